The molecule has 0 bridgehead atoms. The summed E-state index contributed by atoms with van der Waals surface area (Å²) in [6.07, 6.45) is -0.858. The number of hydrogen-bond donors (Lipinski definition) is 9. The van der Waals surface area contributed by atoms with Crippen molar-refractivity contribution in [2.75, 3.05) is 6.54 Å². The van der Waals surface area contributed by atoms with E-state index < -0.39 is 72.6 Å². The molecule has 0 aliphatic rings. The van der Waals surface area contributed by atoms with E-state index in [1.807, 2.05) is 0 Å². The molecule has 0 aromatic carbocycles. The molecular formula is C19H34N8O8. The number of hydrogen-bond acceptors (Lipinski definition) is 8. The number of aliphatic imine (C=N–C) groups is 1. The van der Waals surface area contributed by atoms with Crippen molar-refractivity contribution in [3.05, 3.63) is 0 Å². The highest BCUT2D eigenvalue weighted by atomic mass is 16.4. The molecule has 0 aromatic rings. The summed E-state index contributed by atoms with van der Waals surface area (Å²) in [6, 6.07) is -5.02. The Labute approximate surface area is 201 Å². The van der Waals surface area contributed by atoms with Gasteiger partial charge in [-0.3, -0.25) is 29.0 Å². The summed E-state index contributed by atoms with van der Waals surface area (Å²) in [5, 5.41) is 24.8. The first kappa shape index (κ1) is 31.0. The van der Waals surface area contributed by atoms with Gasteiger partial charge in [0.2, 0.25) is 23.6 Å². The fourth-order valence-electron chi connectivity index (χ4n) is 2.69. The second kappa shape index (κ2) is 15.8. The van der Waals surface area contributed by atoms with Crippen molar-refractivity contribution in [2.24, 2.45) is 27.9 Å². The van der Waals surface area contributed by atoms with Gasteiger partial charge in [0.1, 0.15) is 18.1 Å². The van der Waals surface area contributed by atoms with Gasteiger partial charge in [0, 0.05) is 19.4 Å². The average Bonchev–Trinajstić information content (AvgIpc) is 2.75. The van der Waals surface area contributed by atoms with E-state index in [1.54, 1.807) is 0 Å². The standard InChI is InChI=1S/C19H34N8O8/c1-9(25-16(32)10(20)3-2-8-24-19(22)23)15(31)26-11(4-6-13(21)28)17(33)27-12(18(34)35)5-7-14(29)30/h9-12H,2-8,20H2,1H3,(H2,21,28)(H,25,32)(H,26,31)(H,27,33)(H,29,30)(H,34,35)(H4,22,23,24). The molecule has 0 spiro atoms. The third-order valence-electron chi connectivity index (χ3n) is 4.63. The molecule has 0 fully saturated rings. The molecule has 0 heterocycles. The highest BCUT2D eigenvalue weighted by Crippen LogP contribution is 2.04. The van der Waals surface area contributed by atoms with Gasteiger partial charge in [-0.05, 0) is 32.6 Å². The third kappa shape index (κ3) is 14.0. The van der Waals surface area contributed by atoms with Crippen molar-refractivity contribution < 1.29 is 39.0 Å². The molecule has 0 aliphatic heterocycles. The van der Waals surface area contributed by atoms with Crippen LogP contribution in [0.25, 0.3) is 0 Å². The zero-order valence-corrected chi connectivity index (χ0v) is 19.4. The van der Waals surface area contributed by atoms with Crippen molar-refractivity contribution in [2.45, 2.75) is 69.6 Å². The van der Waals surface area contributed by atoms with E-state index >= 15 is 0 Å². The monoisotopic (exact) mass is 502 g/mol. The molecule has 4 unspecified atom stereocenters. The first-order chi connectivity index (χ1) is 16.2. The highest BCUT2D eigenvalue weighted by molar-refractivity contribution is 5.94. The van der Waals surface area contributed by atoms with Crippen molar-refractivity contribution in [1.29, 1.82) is 0 Å². The lowest BCUT2D eigenvalue weighted by Crippen LogP contribution is -2.56. The number of nitrogens with zero attached hydrogens (tertiary/aromatic N) is 1. The number of nitrogens with one attached hydrogen (secondary N) is 3. The molecule has 35 heavy (non-hydrogen) atoms. The number of amides is 4. The Balaban J connectivity index is 5.09. The molecule has 0 aromatic heterocycles. The molecule has 0 rings (SSSR count). The predicted octanol–water partition coefficient (Wildman–Crippen LogP) is -3.94. The molecule has 0 radical (unpaired) electrons. The number of carbonyl (C=O) groups excluding carboxylic acids is 4. The predicted molar refractivity (Wildman–Crippen MR) is 122 cm³/mol. The van der Waals surface area contributed by atoms with Crippen LogP contribution in [0.1, 0.15) is 45.4 Å². The van der Waals surface area contributed by atoms with Crippen LogP contribution in [0, 0.1) is 0 Å². The molecule has 13 N–H and O–H groups in total. The van der Waals surface area contributed by atoms with Gasteiger partial charge in [0.05, 0.1) is 6.04 Å². The van der Waals surface area contributed by atoms with Gasteiger partial charge < -0.3 is 49.1 Å². The fraction of sp³-hybridized carbons (Fsp3) is 0.632. The van der Waals surface area contributed by atoms with Crippen LogP contribution < -0.4 is 38.9 Å². The fourth-order valence-corrected chi connectivity index (χ4v) is 2.69. The van der Waals surface area contributed by atoms with E-state index in [9.17, 15) is 33.9 Å². The van der Waals surface area contributed by atoms with E-state index in [-0.39, 0.29) is 31.8 Å². The number of carboxylic acids is 2. The third-order valence-corrected chi connectivity index (χ3v) is 4.63. The summed E-state index contributed by atoms with van der Waals surface area (Å²) in [4.78, 5) is 74.3. The highest BCUT2D eigenvalue weighted by Gasteiger charge is 2.29. The lowest BCUT2D eigenvalue weighted by Gasteiger charge is -2.23. The van der Waals surface area contributed by atoms with E-state index in [0.717, 1.165) is 0 Å². The SMILES string of the molecule is CC(NC(=O)C(N)CCCN=C(N)N)C(=O)NC(CCC(N)=O)C(=O)NC(CCC(=O)O)C(=O)O. The zero-order chi connectivity index (χ0) is 27.1. The minimum Gasteiger partial charge on any atom is -0.481 e. The molecule has 4 amide bonds. The largest absolute Gasteiger partial charge is 0.481 e. The number of guanidine groups is 1. The maximum Gasteiger partial charge on any atom is 0.326 e. The molecule has 4 atom stereocenters. The minimum atomic E-state index is -1.54. The molecule has 0 saturated carbocycles. The number of primary amides is 1. The summed E-state index contributed by atoms with van der Waals surface area (Å²) in [5.41, 5.74) is 21.3. The van der Waals surface area contributed by atoms with Crippen LogP contribution in [0.4, 0.5) is 0 Å². The van der Waals surface area contributed by atoms with Gasteiger partial charge in [-0.25, -0.2) is 4.79 Å². The smallest absolute Gasteiger partial charge is 0.326 e. The van der Waals surface area contributed by atoms with Gasteiger partial charge in [-0.1, -0.05) is 0 Å². The lowest BCUT2D eigenvalue weighted by molar-refractivity contribution is -0.143. The van der Waals surface area contributed by atoms with Crippen LogP contribution in [0.3, 0.4) is 0 Å². The average molecular weight is 503 g/mol. The van der Waals surface area contributed by atoms with Gasteiger partial charge in [0.15, 0.2) is 5.96 Å². The Bertz CT molecular complexity index is 815. The van der Waals surface area contributed by atoms with E-state index in [4.69, 9.17) is 28.0 Å². The van der Waals surface area contributed by atoms with E-state index in [2.05, 4.69) is 20.9 Å². The zero-order valence-electron chi connectivity index (χ0n) is 19.4. The molecule has 16 nitrogen and oxygen atoms in total. The first-order valence-electron chi connectivity index (χ1n) is 10.7. The first-order valence-corrected chi connectivity index (χ1v) is 10.7. The van der Waals surface area contributed by atoms with Crippen molar-refractivity contribution >= 4 is 41.5 Å². The summed E-state index contributed by atoms with van der Waals surface area (Å²) in [6.45, 7) is 1.59. The van der Waals surface area contributed by atoms with Crippen LogP contribution in [0.2, 0.25) is 0 Å². The number of carboxylic acid groups (broad SMARTS) is 2. The van der Waals surface area contributed by atoms with Crippen molar-refractivity contribution in [3.63, 3.8) is 0 Å². The number of carbonyl (C=O) groups is 6. The molecule has 16 heteroatoms. The number of rotatable bonds is 17. The Morgan fingerprint density at radius 3 is 1.89 bits per heavy atom. The Morgan fingerprint density at radius 2 is 1.37 bits per heavy atom. The molecule has 198 valence electrons. The van der Waals surface area contributed by atoms with Crippen LogP contribution >= 0.6 is 0 Å². The molecule has 0 saturated heterocycles. The summed E-state index contributed by atoms with van der Waals surface area (Å²) in [7, 11) is 0. The van der Waals surface area contributed by atoms with Gasteiger partial charge in [-0.2, -0.15) is 0 Å². The lowest BCUT2D eigenvalue weighted by atomic mass is 10.1. The van der Waals surface area contributed by atoms with E-state index in [1.165, 1.54) is 6.92 Å². The van der Waals surface area contributed by atoms with Crippen LogP contribution in [0.15, 0.2) is 4.99 Å². The maximum absolute atomic E-state index is 12.6. The van der Waals surface area contributed by atoms with Crippen LogP contribution in [-0.2, 0) is 28.8 Å². The number of nitrogens with two attached hydrogens (primary N) is 4. The summed E-state index contributed by atoms with van der Waals surface area (Å²) >= 11 is 0. The summed E-state index contributed by atoms with van der Waals surface area (Å²) < 4.78 is 0. The van der Waals surface area contributed by atoms with Crippen molar-refractivity contribution in [1.82, 2.24) is 16.0 Å². The van der Waals surface area contributed by atoms with Gasteiger partial charge in [-0.15, -0.1) is 0 Å². The Morgan fingerprint density at radius 1 is 0.800 bits per heavy atom. The van der Waals surface area contributed by atoms with Gasteiger partial charge >= 0.3 is 11.9 Å². The van der Waals surface area contributed by atoms with Crippen LogP contribution in [-0.4, -0.2) is 82.5 Å². The molecular weight excluding hydrogens is 468 g/mol. The second-order valence-electron chi connectivity index (χ2n) is 7.68. The van der Waals surface area contributed by atoms with E-state index in [0.29, 0.717) is 6.42 Å². The second-order valence-corrected chi connectivity index (χ2v) is 7.68. The number of aliphatic carboxylic acids is 2. The minimum absolute atomic E-state index is 0.0974. The normalized spacial score (nSPS) is 13.9. The molecule has 0 aliphatic carbocycles. The maximum atomic E-state index is 12.6. The Hall–Kier alpha value is -3.95. The van der Waals surface area contributed by atoms with Gasteiger partial charge in [0.25, 0.3) is 0 Å². The Kier molecular flexibility index (Phi) is 14.0. The summed E-state index contributed by atoms with van der Waals surface area (Å²) in [5.74, 6) is -6.03. The van der Waals surface area contributed by atoms with Crippen LogP contribution in [0.5, 0.6) is 0 Å². The topological polar surface area (TPSA) is 295 Å². The van der Waals surface area contributed by atoms with Crippen molar-refractivity contribution in [3.8, 4) is 0 Å². The quantitative estimate of drug-likeness (QED) is 0.0525.